The SMILES string of the molecule is CC(C)(C)c1ccc([C@H]2C[C@H](C(O)(c3ccccc3)c3ccccc3)CCN2CCCCO)cc1. The van der Waals surface area contributed by atoms with E-state index in [4.69, 9.17) is 0 Å². The topological polar surface area (TPSA) is 43.7 Å². The predicted molar refractivity (Wildman–Crippen MR) is 144 cm³/mol. The first-order valence-electron chi connectivity index (χ1n) is 13.1. The molecule has 0 radical (unpaired) electrons. The van der Waals surface area contributed by atoms with Crippen LogP contribution in [0.4, 0.5) is 0 Å². The summed E-state index contributed by atoms with van der Waals surface area (Å²) in [5.41, 5.74) is 3.66. The molecular formula is C32H41NO2. The molecule has 3 nitrogen and oxygen atoms in total. The first-order chi connectivity index (χ1) is 16.8. The Balaban J connectivity index is 1.69. The maximum atomic E-state index is 12.4. The molecule has 3 heteroatoms. The molecule has 3 aromatic rings. The van der Waals surface area contributed by atoms with Crippen molar-refractivity contribution >= 4 is 0 Å². The van der Waals surface area contributed by atoms with E-state index in [-0.39, 0.29) is 24.0 Å². The minimum Gasteiger partial charge on any atom is -0.396 e. The lowest BCUT2D eigenvalue weighted by Gasteiger charge is -2.46. The summed E-state index contributed by atoms with van der Waals surface area (Å²) in [6.45, 7) is 8.89. The summed E-state index contributed by atoms with van der Waals surface area (Å²) >= 11 is 0. The van der Waals surface area contributed by atoms with Gasteiger partial charge in [0.2, 0.25) is 0 Å². The lowest BCUT2D eigenvalue weighted by Crippen LogP contribution is -2.46. The van der Waals surface area contributed by atoms with E-state index in [1.807, 2.05) is 36.4 Å². The minimum absolute atomic E-state index is 0.0914. The fourth-order valence-corrected chi connectivity index (χ4v) is 5.66. The number of unbranched alkanes of at least 4 members (excludes halogenated alkanes) is 1. The van der Waals surface area contributed by atoms with Gasteiger partial charge in [-0.1, -0.05) is 106 Å². The van der Waals surface area contributed by atoms with Crippen molar-refractivity contribution in [2.75, 3.05) is 19.7 Å². The third kappa shape index (κ3) is 5.69. The molecule has 35 heavy (non-hydrogen) atoms. The third-order valence-corrected chi connectivity index (χ3v) is 7.75. The molecule has 0 amide bonds. The van der Waals surface area contributed by atoms with Crippen molar-refractivity contribution in [1.82, 2.24) is 4.90 Å². The molecule has 1 aliphatic heterocycles. The van der Waals surface area contributed by atoms with E-state index in [0.29, 0.717) is 0 Å². The van der Waals surface area contributed by atoms with Crippen molar-refractivity contribution in [2.24, 2.45) is 5.92 Å². The monoisotopic (exact) mass is 471 g/mol. The van der Waals surface area contributed by atoms with Gasteiger partial charge in [-0.2, -0.15) is 0 Å². The average molecular weight is 472 g/mol. The van der Waals surface area contributed by atoms with Gasteiger partial charge in [-0.25, -0.2) is 0 Å². The molecule has 1 fully saturated rings. The normalized spacial score (nSPS) is 19.6. The molecule has 2 N–H and O–H groups in total. The molecule has 1 heterocycles. The van der Waals surface area contributed by atoms with E-state index in [9.17, 15) is 10.2 Å². The Morgan fingerprint density at radius 1 is 0.771 bits per heavy atom. The molecule has 3 aromatic carbocycles. The quantitative estimate of drug-likeness (QED) is 0.371. The van der Waals surface area contributed by atoms with E-state index in [1.54, 1.807) is 0 Å². The molecule has 0 spiro atoms. The number of piperidine rings is 1. The zero-order chi connectivity index (χ0) is 24.9. The van der Waals surface area contributed by atoms with Crippen LogP contribution in [0.5, 0.6) is 0 Å². The number of rotatable bonds is 8. The zero-order valence-corrected chi connectivity index (χ0v) is 21.5. The third-order valence-electron chi connectivity index (χ3n) is 7.75. The Labute approximate surface area is 211 Å². The lowest BCUT2D eigenvalue weighted by molar-refractivity contribution is -0.0319. The molecule has 1 saturated heterocycles. The number of nitrogens with zero attached hydrogens (tertiary/aromatic N) is 1. The van der Waals surface area contributed by atoms with Gasteiger partial charge in [0.15, 0.2) is 0 Å². The molecular weight excluding hydrogens is 430 g/mol. The highest BCUT2D eigenvalue weighted by atomic mass is 16.3. The van der Waals surface area contributed by atoms with Crippen LogP contribution in [0.15, 0.2) is 84.9 Å². The Bertz CT molecular complexity index is 1000. The average Bonchev–Trinajstić information content (AvgIpc) is 2.89. The highest BCUT2D eigenvalue weighted by Crippen LogP contribution is 2.46. The van der Waals surface area contributed by atoms with Gasteiger partial charge in [-0.15, -0.1) is 0 Å². The van der Waals surface area contributed by atoms with Gasteiger partial charge in [0.1, 0.15) is 5.60 Å². The van der Waals surface area contributed by atoms with Crippen LogP contribution in [-0.2, 0) is 11.0 Å². The van der Waals surface area contributed by atoms with E-state index < -0.39 is 5.60 Å². The summed E-state index contributed by atoms with van der Waals surface area (Å²) in [5, 5.41) is 21.8. The first kappa shape index (κ1) is 25.6. The van der Waals surface area contributed by atoms with Crippen molar-refractivity contribution < 1.29 is 10.2 Å². The molecule has 0 unspecified atom stereocenters. The van der Waals surface area contributed by atoms with Crippen molar-refractivity contribution in [1.29, 1.82) is 0 Å². The number of aliphatic hydroxyl groups excluding tert-OH is 1. The maximum Gasteiger partial charge on any atom is 0.118 e. The Morgan fingerprint density at radius 2 is 1.34 bits per heavy atom. The molecule has 4 rings (SSSR count). The molecule has 0 aliphatic carbocycles. The summed E-state index contributed by atoms with van der Waals surface area (Å²) in [5.74, 6) is 0.0914. The van der Waals surface area contributed by atoms with E-state index >= 15 is 0 Å². The second-order valence-electron chi connectivity index (χ2n) is 11.1. The van der Waals surface area contributed by atoms with Crippen molar-refractivity contribution in [2.45, 2.75) is 63.5 Å². The molecule has 0 bridgehead atoms. The predicted octanol–water partition coefficient (Wildman–Crippen LogP) is 6.45. The summed E-state index contributed by atoms with van der Waals surface area (Å²) in [4.78, 5) is 2.56. The number of hydrogen-bond donors (Lipinski definition) is 2. The second kappa shape index (κ2) is 11.1. The molecule has 0 saturated carbocycles. The highest BCUT2D eigenvalue weighted by Gasteiger charge is 2.44. The fourth-order valence-electron chi connectivity index (χ4n) is 5.66. The van der Waals surface area contributed by atoms with Crippen LogP contribution >= 0.6 is 0 Å². The van der Waals surface area contributed by atoms with Crippen LogP contribution in [0.1, 0.15) is 74.8 Å². The smallest absolute Gasteiger partial charge is 0.118 e. The minimum atomic E-state index is -1.04. The Kier molecular flexibility index (Phi) is 8.11. The second-order valence-corrected chi connectivity index (χ2v) is 11.1. The Hall–Kier alpha value is -2.46. The van der Waals surface area contributed by atoms with Crippen molar-refractivity contribution in [3.63, 3.8) is 0 Å². The summed E-state index contributed by atoms with van der Waals surface area (Å²) in [7, 11) is 0. The first-order valence-corrected chi connectivity index (χ1v) is 13.1. The molecule has 0 aromatic heterocycles. The fraction of sp³-hybridized carbons (Fsp3) is 0.438. The summed E-state index contributed by atoms with van der Waals surface area (Å²) < 4.78 is 0. The van der Waals surface area contributed by atoms with E-state index in [2.05, 4.69) is 74.2 Å². The van der Waals surface area contributed by atoms with Crippen LogP contribution in [0.2, 0.25) is 0 Å². The van der Waals surface area contributed by atoms with Gasteiger partial charge in [0.05, 0.1) is 0 Å². The summed E-state index contributed by atoms with van der Waals surface area (Å²) in [6.07, 6.45) is 3.62. The van der Waals surface area contributed by atoms with Crippen LogP contribution in [0, 0.1) is 5.92 Å². The summed E-state index contributed by atoms with van der Waals surface area (Å²) in [6, 6.07) is 29.7. The van der Waals surface area contributed by atoms with Gasteiger partial charge in [-0.05, 0) is 72.4 Å². The Morgan fingerprint density at radius 3 is 1.86 bits per heavy atom. The van der Waals surface area contributed by atoms with Crippen molar-refractivity contribution in [3.8, 4) is 0 Å². The standard InChI is InChI=1S/C32H41NO2/c1-31(2,3)26-18-16-25(17-19-26)30-24-29(20-22-33(30)21-10-11-23-34)32(35,27-12-6-4-7-13-27)28-14-8-5-9-15-28/h4-9,12-19,29-30,34-35H,10-11,20-24H2,1-3H3/t29-,30-/m1/s1. The zero-order valence-electron chi connectivity index (χ0n) is 21.5. The van der Waals surface area contributed by atoms with E-state index in [1.165, 1.54) is 11.1 Å². The maximum absolute atomic E-state index is 12.4. The molecule has 2 atom stereocenters. The van der Waals surface area contributed by atoms with Gasteiger partial charge in [0.25, 0.3) is 0 Å². The molecule has 186 valence electrons. The van der Waals surface area contributed by atoms with Crippen LogP contribution in [0.3, 0.4) is 0 Å². The van der Waals surface area contributed by atoms with Crippen LogP contribution in [-0.4, -0.2) is 34.8 Å². The number of aliphatic hydroxyl groups is 2. The van der Waals surface area contributed by atoms with Crippen LogP contribution < -0.4 is 0 Å². The largest absolute Gasteiger partial charge is 0.396 e. The number of likely N-dealkylation sites (tertiary alicyclic amines) is 1. The van der Waals surface area contributed by atoms with Crippen molar-refractivity contribution in [3.05, 3.63) is 107 Å². The highest BCUT2D eigenvalue weighted by molar-refractivity contribution is 5.38. The van der Waals surface area contributed by atoms with Gasteiger partial charge >= 0.3 is 0 Å². The number of hydrogen-bond acceptors (Lipinski definition) is 3. The van der Waals surface area contributed by atoms with E-state index in [0.717, 1.165) is 49.9 Å². The molecule has 1 aliphatic rings. The van der Waals surface area contributed by atoms with Gasteiger partial charge in [0, 0.05) is 12.6 Å². The lowest BCUT2D eigenvalue weighted by atomic mass is 9.69. The van der Waals surface area contributed by atoms with Gasteiger partial charge in [-0.3, -0.25) is 4.90 Å². The van der Waals surface area contributed by atoms with Crippen LogP contribution in [0.25, 0.3) is 0 Å². The number of benzene rings is 3. The van der Waals surface area contributed by atoms with Gasteiger partial charge < -0.3 is 10.2 Å².